The Kier molecular flexibility index (Phi) is 3.10. The molecule has 2 heterocycles. The summed E-state index contributed by atoms with van der Waals surface area (Å²) in [6, 6.07) is 6.68. The van der Waals surface area contributed by atoms with Gasteiger partial charge in [-0.15, -0.1) is 0 Å². The maximum Gasteiger partial charge on any atom is 0.275 e. The first-order chi connectivity index (χ1) is 8.06. The Balaban J connectivity index is 2.20. The number of rotatable bonds is 2. The van der Waals surface area contributed by atoms with Crippen molar-refractivity contribution in [2.75, 3.05) is 5.32 Å². The van der Waals surface area contributed by atoms with Gasteiger partial charge in [0.15, 0.2) is 0 Å². The van der Waals surface area contributed by atoms with Crippen molar-refractivity contribution in [3.63, 3.8) is 0 Å². The van der Waals surface area contributed by atoms with Gasteiger partial charge < -0.3 is 5.32 Å². The third-order valence-electron chi connectivity index (χ3n) is 2.19. The number of hydrogen-bond acceptors (Lipinski definition) is 3. The Bertz CT molecular complexity index is 564. The zero-order valence-electron chi connectivity index (χ0n) is 9.44. The highest BCUT2D eigenvalue weighted by atomic mass is 35.5. The van der Waals surface area contributed by atoms with E-state index in [0.29, 0.717) is 11.0 Å². The van der Waals surface area contributed by atoms with Crippen LogP contribution in [0.4, 0.5) is 5.82 Å². The quantitative estimate of drug-likeness (QED) is 0.830. The monoisotopic (exact) mass is 250 g/mol. The van der Waals surface area contributed by atoms with Gasteiger partial charge in [0.05, 0.1) is 5.69 Å². The van der Waals surface area contributed by atoms with Gasteiger partial charge in [-0.2, -0.15) is 5.10 Å². The highest BCUT2D eigenvalue weighted by Crippen LogP contribution is 2.11. The number of nitrogens with zero attached hydrogens (tertiary/aromatic N) is 3. The summed E-state index contributed by atoms with van der Waals surface area (Å²) in [5.74, 6) is 0.310. The third-order valence-corrected chi connectivity index (χ3v) is 2.40. The van der Waals surface area contributed by atoms with Crippen molar-refractivity contribution in [1.29, 1.82) is 0 Å². The van der Waals surface area contributed by atoms with Gasteiger partial charge in [0.1, 0.15) is 16.7 Å². The lowest BCUT2D eigenvalue weighted by Gasteiger charge is -2.04. The SMILES string of the molecule is Cc1cc(NC(=O)c2cccc(Cl)n2)n(C)n1. The average Bonchev–Trinajstić information content (AvgIpc) is 2.57. The molecule has 5 nitrogen and oxygen atoms in total. The van der Waals surface area contributed by atoms with Crippen LogP contribution in [-0.2, 0) is 7.05 Å². The van der Waals surface area contributed by atoms with Gasteiger partial charge in [-0.25, -0.2) is 4.98 Å². The molecule has 0 saturated heterocycles. The van der Waals surface area contributed by atoms with Gasteiger partial charge in [-0.3, -0.25) is 9.48 Å². The van der Waals surface area contributed by atoms with E-state index >= 15 is 0 Å². The van der Waals surface area contributed by atoms with Crippen molar-refractivity contribution in [1.82, 2.24) is 14.8 Å². The topological polar surface area (TPSA) is 59.8 Å². The standard InChI is InChI=1S/C11H11ClN4O/c1-7-6-10(16(2)15-7)14-11(17)8-4-3-5-9(12)13-8/h3-6H,1-2H3,(H,14,17). The second-order valence-electron chi connectivity index (χ2n) is 3.59. The number of halogens is 1. The first-order valence-electron chi connectivity index (χ1n) is 5.01. The molecule has 0 unspecified atom stereocenters. The number of amides is 1. The number of carbonyl (C=O) groups excluding carboxylic acids is 1. The summed E-state index contributed by atoms with van der Waals surface area (Å²) in [6.45, 7) is 1.85. The summed E-state index contributed by atoms with van der Waals surface area (Å²) >= 11 is 5.72. The van der Waals surface area contributed by atoms with E-state index in [1.165, 1.54) is 0 Å². The minimum atomic E-state index is -0.310. The normalized spacial score (nSPS) is 10.3. The fourth-order valence-corrected chi connectivity index (χ4v) is 1.61. The summed E-state index contributed by atoms with van der Waals surface area (Å²) in [6.07, 6.45) is 0. The number of pyridine rings is 1. The van der Waals surface area contributed by atoms with Crippen LogP contribution in [0.2, 0.25) is 5.15 Å². The Hall–Kier alpha value is -1.88. The maximum absolute atomic E-state index is 11.9. The summed E-state index contributed by atoms with van der Waals surface area (Å²) in [4.78, 5) is 15.8. The highest BCUT2D eigenvalue weighted by Gasteiger charge is 2.10. The van der Waals surface area contributed by atoms with E-state index in [1.54, 1.807) is 36.0 Å². The fraction of sp³-hybridized carbons (Fsp3) is 0.182. The number of anilines is 1. The molecule has 0 aliphatic heterocycles. The van der Waals surface area contributed by atoms with Crippen molar-refractivity contribution in [2.24, 2.45) is 7.05 Å². The molecule has 0 radical (unpaired) electrons. The summed E-state index contributed by atoms with van der Waals surface area (Å²) < 4.78 is 1.60. The van der Waals surface area contributed by atoms with Crippen molar-refractivity contribution >= 4 is 23.3 Å². The Morgan fingerprint density at radius 1 is 1.47 bits per heavy atom. The lowest BCUT2D eigenvalue weighted by Crippen LogP contribution is -2.15. The molecule has 1 amide bonds. The molecule has 0 atom stereocenters. The smallest absolute Gasteiger partial charge is 0.275 e. The Labute approximate surface area is 103 Å². The Morgan fingerprint density at radius 2 is 2.24 bits per heavy atom. The van der Waals surface area contributed by atoms with Crippen LogP contribution < -0.4 is 5.32 Å². The second-order valence-corrected chi connectivity index (χ2v) is 3.98. The number of aromatic nitrogens is 3. The predicted octanol–water partition coefficient (Wildman–Crippen LogP) is 2.03. The van der Waals surface area contributed by atoms with Crippen LogP contribution >= 0.6 is 11.6 Å². The molecule has 17 heavy (non-hydrogen) atoms. The van der Waals surface area contributed by atoms with Gasteiger partial charge in [0.2, 0.25) is 0 Å². The van der Waals surface area contributed by atoms with Crippen LogP contribution in [0.15, 0.2) is 24.3 Å². The maximum atomic E-state index is 11.9. The van der Waals surface area contributed by atoms with E-state index < -0.39 is 0 Å². The van der Waals surface area contributed by atoms with Crippen molar-refractivity contribution in [3.8, 4) is 0 Å². The molecule has 0 bridgehead atoms. The van der Waals surface area contributed by atoms with Crippen molar-refractivity contribution in [2.45, 2.75) is 6.92 Å². The van der Waals surface area contributed by atoms with E-state index in [2.05, 4.69) is 15.4 Å². The molecule has 0 aliphatic rings. The highest BCUT2D eigenvalue weighted by molar-refractivity contribution is 6.29. The zero-order chi connectivity index (χ0) is 12.4. The number of aryl methyl sites for hydroxylation is 2. The molecule has 6 heteroatoms. The molecule has 1 N–H and O–H groups in total. The van der Waals surface area contributed by atoms with E-state index in [1.807, 2.05) is 6.92 Å². The second kappa shape index (κ2) is 4.55. The number of nitrogens with one attached hydrogen (secondary N) is 1. The van der Waals surface area contributed by atoms with E-state index in [9.17, 15) is 4.79 Å². The molecular formula is C11H11ClN4O. The molecule has 0 saturated carbocycles. The van der Waals surface area contributed by atoms with Gasteiger partial charge >= 0.3 is 0 Å². The third kappa shape index (κ3) is 2.62. The molecule has 2 rings (SSSR count). The van der Waals surface area contributed by atoms with Gasteiger partial charge in [-0.1, -0.05) is 17.7 Å². The first kappa shape index (κ1) is 11.6. The first-order valence-corrected chi connectivity index (χ1v) is 5.38. The summed E-state index contributed by atoms with van der Waals surface area (Å²) in [5.41, 5.74) is 1.11. The molecule has 2 aromatic rings. The van der Waals surface area contributed by atoms with Crippen molar-refractivity contribution in [3.05, 3.63) is 40.8 Å². The minimum Gasteiger partial charge on any atom is -0.305 e. The minimum absolute atomic E-state index is 0.274. The van der Waals surface area contributed by atoms with Crippen LogP contribution in [0, 0.1) is 6.92 Å². The summed E-state index contributed by atoms with van der Waals surface area (Å²) in [7, 11) is 1.76. The fourth-order valence-electron chi connectivity index (χ4n) is 1.44. The van der Waals surface area contributed by atoms with Gasteiger partial charge in [-0.05, 0) is 19.1 Å². The predicted molar refractivity (Wildman–Crippen MR) is 65.1 cm³/mol. The lowest BCUT2D eigenvalue weighted by molar-refractivity contribution is 0.102. The summed E-state index contributed by atoms with van der Waals surface area (Å²) in [5, 5.41) is 7.14. The van der Waals surface area contributed by atoms with E-state index in [4.69, 9.17) is 11.6 Å². The van der Waals surface area contributed by atoms with Gasteiger partial charge in [0, 0.05) is 13.1 Å². The molecular weight excluding hydrogens is 240 g/mol. The van der Waals surface area contributed by atoms with Gasteiger partial charge in [0.25, 0.3) is 5.91 Å². The molecule has 0 aliphatic carbocycles. The van der Waals surface area contributed by atoms with E-state index in [-0.39, 0.29) is 11.6 Å². The zero-order valence-corrected chi connectivity index (χ0v) is 10.2. The van der Waals surface area contributed by atoms with Crippen LogP contribution in [0.1, 0.15) is 16.2 Å². The van der Waals surface area contributed by atoms with Crippen LogP contribution in [-0.4, -0.2) is 20.7 Å². The molecule has 0 fully saturated rings. The Morgan fingerprint density at radius 3 is 2.82 bits per heavy atom. The largest absolute Gasteiger partial charge is 0.305 e. The molecule has 0 spiro atoms. The lowest BCUT2D eigenvalue weighted by atomic mass is 10.3. The molecule has 0 aromatic carbocycles. The molecule has 2 aromatic heterocycles. The van der Waals surface area contributed by atoms with Crippen LogP contribution in [0.5, 0.6) is 0 Å². The number of hydrogen-bond donors (Lipinski definition) is 1. The average molecular weight is 251 g/mol. The number of carbonyl (C=O) groups is 1. The van der Waals surface area contributed by atoms with Crippen LogP contribution in [0.3, 0.4) is 0 Å². The van der Waals surface area contributed by atoms with Crippen LogP contribution in [0.25, 0.3) is 0 Å². The molecule has 88 valence electrons. The van der Waals surface area contributed by atoms with E-state index in [0.717, 1.165) is 5.69 Å². The van der Waals surface area contributed by atoms with Crippen molar-refractivity contribution < 1.29 is 4.79 Å².